The van der Waals surface area contributed by atoms with Crippen molar-refractivity contribution >= 4 is 27.3 Å². The minimum Gasteiger partial charge on any atom is -0.351 e. The molecule has 0 radical (unpaired) electrons. The Hall–Kier alpha value is -2.49. The summed E-state index contributed by atoms with van der Waals surface area (Å²) >= 11 is 1.17. The first-order chi connectivity index (χ1) is 15.4. The molecule has 1 saturated heterocycles. The first-order valence-corrected chi connectivity index (χ1v) is 13.2. The topological polar surface area (TPSA) is 84.3 Å². The third-order valence-electron chi connectivity index (χ3n) is 5.66. The first kappa shape index (κ1) is 22.7. The second-order valence-corrected chi connectivity index (χ2v) is 10.9. The second-order valence-electron chi connectivity index (χ2n) is 8.09. The first-order valence-electron chi connectivity index (χ1n) is 10.8. The van der Waals surface area contributed by atoms with Crippen molar-refractivity contribution in [2.75, 3.05) is 19.6 Å². The Bertz CT molecular complexity index is 1190. The van der Waals surface area contributed by atoms with Gasteiger partial charge in [-0.2, -0.15) is 9.40 Å². The highest BCUT2D eigenvalue weighted by atomic mass is 32.2. The van der Waals surface area contributed by atoms with Crippen LogP contribution < -0.4 is 5.32 Å². The minimum atomic E-state index is -3.63. The lowest BCUT2D eigenvalue weighted by Crippen LogP contribution is -2.36. The molecule has 1 aromatic carbocycles. The Morgan fingerprint density at radius 1 is 1.09 bits per heavy atom. The van der Waals surface area contributed by atoms with Crippen LogP contribution in [0.5, 0.6) is 0 Å². The monoisotopic (exact) mass is 472 g/mol. The fraction of sp³-hybridized carbons (Fsp3) is 0.391. The molecule has 170 valence electrons. The molecule has 1 fully saturated rings. The number of hydrogen-bond acceptors (Lipinski definition) is 5. The van der Waals surface area contributed by atoms with Crippen molar-refractivity contribution in [2.45, 2.75) is 44.4 Å². The van der Waals surface area contributed by atoms with Crippen molar-refractivity contribution in [2.24, 2.45) is 0 Å². The second kappa shape index (κ2) is 9.56. The molecule has 0 bridgehead atoms. The predicted molar refractivity (Wildman–Crippen MR) is 126 cm³/mol. The van der Waals surface area contributed by atoms with Crippen LogP contribution in [0.2, 0.25) is 0 Å². The highest BCUT2D eigenvalue weighted by Crippen LogP contribution is 2.27. The van der Waals surface area contributed by atoms with E-state index in [1.165, 1.54) is 15.6 Å². The van der Waals surface area contributed by atoms with E-state index in [0.29, 0.717) is 26.1 Å². The molecule has 0 aliphatic carbocycles. The molecule has 32 heavy (non-hydrogen) atoms. The summed E-state index contributed by atoms with van der Waals surface area (Å²) < 4.78 is 29.4. The molecule has 9 heteroatoms. The number of carbonyl (C=O) groups is 1. The summed E-state index contributed by atoms with van der Waals surface area (Å²) in [7, 11) is -3.63. The van der Waals surface area contributed by atoms with E-state index in [1.54, 1.807) is 11.4 Å². The summed E-state index contributed by atoms with van der Waals surface area (Å²) in [6.07, 6.45) is 3.43. The van der Waals surface area contributed by atoms with Gasteiger partial charge < -0.3 is 5.32 Å². The molecule has 0 unspecified atom stereocenters. The van der Waals surface area contributed by atoms with Gasteiger partial charge in [0.1, 0.15) is 9.77 Å². The van der Waals surface area contributed by atoms with Gasteiger partial charge in [-0.05, 0) is 68.3 Å². The Morgan fingerprint density at radius 3 is 2.47 bits per heavy atom. The fourth-order valence-corrected chi connectivity index (χ4v) is 6.84. The molecule has 3 aromatic rings. The van der Waals surface area contributed by atoms with Gasteiger partial charge in [-0.25, -0.2) is 13.1 Å². The lowest BCUT2D eigenvalue weighted by atomic mass is 10.1. The number of rotatable bonds is 7. The van der Waals surface area contributed by atoms with E-state index >= 15 is 0 Å². The summed E-state index contributed by atoms with van der Waals surface area (Å²) in [5.41, 5.74) is 4.13. The lowest BCUT2D eigenvalue weighted by molar-refractivity contribution is 0.0955. The van der Waals surface area contributed by atoms with Crippen LogP contribution in [-0.2, 0) is 16.4 Å². The predicted octanol–water partition coefficient (Wildman–Crippen LogP) is 3.70. The molecule has 1 aliphatic rings. The third kappa shape index (κ3) is 4.79. The maximum Gasteiger partial charge on any atom is 0.262 e. The van der Waals surface area contributed by atoms with E-state index in [1.807, 2.05) is 48.9 Å². The number of hydrogen-bond donors (Lipinski definition) is 1. The van der Waals surface area contributed by atoms with Gasteiger partial charge in [0.05, 0.1) is 11.4 Å². The van der Waals surface area contributed by atoms with Gasteiger partial charge in [-0.3, -0.25) is 4.79 Å². The highest BCUT2D eigenvalue weighted by molar-refractivity contribution is 7.89. The smallest absolute Gasteiger partial charge is 0.262 e. The number of piperidine rings is 1. The summed E-state index contributed by atoms with van der Waals surface area (Å²) in [5, 5.41) is 9.04. The van der Waals surface area contributed by atoms with Crippen LogP contribution in [0.3, 0.4) is 0 Å². The van der Waals surface area contributed by atoms with Gasteiger partial charge in [-0.1, -0.05) is 18.6 Å². The minimum absolute atomic E-state index is 0.121. The van der Waals surface area contributed by atoms with E-state index in [9.17, 15) is 13.2 Å². The molecule has 0 spiro atoms. The number of aryl methyl sites for hydroxylation is 2. The number of thiophene rings is 1. The zero-order chi connectivity index (χ0) is 22.7. The van der Waals surface area contributed by atoms with Crippen LogP contribution in [0, 0.1) is 13.8 Å². The van der Waals surface area contributed by atoms with Crippen LogP contribution in [0.25, 0.3) is 5.69 Å². The molecule has 2 aromatic heterocycles. The molecule has 3 heterocycles. The Balaban J connectivity index is 1.37. The van der Waals surface area contributed by atoms with Crippen molar-refractivity contribution in [1.82, 2.24) is 19.4 Å². The largest absolute Gasteiger partial charge is 0.351 e. The van der Waals surface area contributed by atoms with Crippen molar-refractivity contribution < 1.29 is 13.2 Å². The van der Waals surface area contributed by atoms with E-state index in [-0.39, 0.29) is 15.7 Å². The van der Waals surface area contributed by atoms with Gasteiger partial charge >= 0.3 is 0 Å². The molecule has 1 N–H and O–H groups in total. The third-order valence-corrected chi connectivity index (χ3v) is 8.64. The van der Waals surface area contributed by atoms with Crippen molar-refractivity contribution in [3.05, 3.63) is 63.6 Å². The molecule has 0 atom stereocenters. The van der Waals surface area contributed by atoms with Gasteiger partial charge in [0.2, 0.25) is 10.0 Å². The van der Waals surface area contributed by atoms with Crippen LogP contribution in [0.15, 0.2) is 46.7 Å². The average Bonchev–Trinajstić information content (AvgIpc) is 3.42. The molecule has 1 amide bonds. The van der Waals surface area contributed by atoms with Gasteiger partial charge in [-0.15, -0.1) is 11.3 Å². The summed E-state index contributed by atoms with van der Waals surface area (Å²) in [4.78, 5) is 13.1. The van der Waals surface area contributed by atoms with Crippen molar-refractivity contribution in [3.8, 4) is 5.69 Å². The molecule has 4 rings (SSSR count). The summed E-state index contributed by atoms with van der Waals surface area (Å²) in [6, 6.07) is 11.7. The Morgan fingerprint density at radius 2 is 1.81 bits per heavy atom. The molecular weight excluding hydrogens is 444 g/mol. The van der Waals surface area contributed by atoms with Crippen LogP contribution >= 0.6 is 11.3 Å². The summed E-state index contributed by atoms with van der Waals surface area (Å²) in [5.74, 6) is -0.338. The fourth-order valence-electron chi connectivity index (χ4n) is 4.01. The quantitative estimate of drug-likeness (QED) is 0.568. The van der Waals surface area contributed by atoms with E-state index in [0.717, 1.165) is 41.9 Å². The highest BCUT2D eigenvalue weighted by Gasteiger charge is 2.30. The molecular formula is C23H28N4O3S2. The van der Waals surface area contributed by atoms with E-state index in [2.05, 4.69) is 10.4 Å². The molecule has 7 nitrogen and oxygen atoms in total. The van der Waals surface area contributed by atoms with Gasteiger partial charge in [0.25, 0.3) is 5.91 Å². The number of amides is 1. The number of benzene rings is 1. The van der Waals surface area contributed by atoms with E-state index in [4.69, 9.17) is 0 Å². The number of aromatic nitrogens is 2. The SMILES string of the molecule is Cc1cc(C)n(-c2ccc(CCNC(=O)c3sccc3S(=O)(=O)N3CCCCC3)cc2)n1. The lowest BCUT2D eigenvalue weighted by Gasteiger charge is -2.25. The Labute approximate surface area is 193 Å². The van der Waals surface area contributed by atoms with Crippen LogP contribution in [-0.4, -0.2) is 48.0 Å². The van der Waals surface area contributed by atoms with Gasteiger partial charge in [0, 0.05) is 25.3 Å². The standard InChI is InChI=1S/C23H28N4O3S2/c1-17-16-18(2)27(25-17)20-8-6-19(7-9-20)10-12-24-23(28)22-21(11-15-31-22)32(29,30)26-13-4-3-5-14-26/h6-9,11,15-16H,3-5,10,12-14H2,1-2H3,(H,24,28). The number of nitrogens with zero attached hydrogens (tertiary/aromatic N) is 3. The number of nitrogens with one attached hydrogen (secondary N) is 1. The number of carbonyl (C=O) groups excluding carboxylic acids is 1. The average molecular weight is 473 g/mol. The summed E-state index contributed by atoms with van der Waals surface area (Å²) in [6.45, 7) is 5.46. The van der Waals surface area contributed by atoms with Crippen LogP contribution in [0.4, 0.5) is 0 Å². The van der Waals surface area contributed by atoms with Crippen molar-refractivity contribution in [3.63, 3.8) is 0 Å². The number of sulfonamides is 1. The van der Waals surface area contributed by atoms with Crippen LogP contribution in [0.1, 0.15) is 45.9 Å². The maximum absolute atomic E-state index is 13.0. The zero-order valence-corrected chi connectivity index (χ0v) is 20.0. The van der Waals surface area contributed by atoms with Gasteiger partial charge in [0.15, 0.2) is 0 Å². The van der Waals surface area contributed by atoms with Crippen molar-refractivity contribution in [1.29, 1.82) is 0 Å². The zero-order valence-electron chi connectivity index (χ0n) is 18.4. The van der Waals surface area contributed by atoms with E-state index < -0.39 is 10.0 Å². The normalized spacial score (nSPS) is 15.1. The Kier molecular flexibility index (Phi) is 6.78. The molecule has 0 saturated carbocycles. The maximum atomic E-state index is 13.0. The molecule has 1 aliphatic heterocycles.